The second-order valence-electron chi connectivity index (χ2n) is 4.39. The summed E-state index contributed by atoms with van der Waals surface area (Å²) >= 11 is 3.36. The van der Waals surface area contributed by atoms with Gasteiger partial charge in [-0.05, 0) is 46.8 Å². The average Bonchev–Trinajstić information content (AvgIpc) is 2.32. The van der Waals surface area contributed by atoms with E-state index in [0.29, 0.717) is 18.3 Å². The predicted octanol–water partition coefficient (Wildman–Crippen LogP) is 4.55. The molecule has 3 heteroatoms. The maximum Gasteiger partial charge on any atom is 0.136 e. The van der Waals surface area contributed by atoms with Gasteiger partial charge < -0.3 is 4.74 Å². The van der Waals surface area contributed by atoms with E-state index in [4.69, 9.17) is 4.74 Å². The molecule has 1 aromatic carbocycles. The highest BCUT2D eigenvalue weighted by molar-refractivity contribution is 9.10. The quantitative estimate of drug-likeness (QED) is 0.792. The van der Waals surface area contributed by atoms with Crippen LogP contribution in [0.2, 0.25) is 0 Å². The Kier molecular flexibility index (Phi) is 4.22. The molecule has 0 atom stereocenters. The zero-order valence-corrected chi connectivity index (χ0v) is 10.8. The fraction of sp³-hybridized carbons (Fsp3) is 0.538. The second-order valence-corrected chi connectivity index (χ2v) is 5.24. The van der Waals surface area contributed by atoms with Crippen molar-refractivity contribution in [3.63, 3.8) is 0 Å². The van der Waals surface area contributed by atoms with Gasteiger partial charge in [-0.1, -0.05) is 19.3 Å². The first kappa shape index (κ1) is 11.9. The molecular formula is C13H16BrFO. The minimum absolute atomic E-state index is 0.248. The molecule has 1 nitrogen and oxygen atoms in total. The lowest BCUT2D eigenvalue weighted by molar-refractivity contribution is 0.207. The van der Waals surface area contributed by atoms with Gasteiger partial charge in [0.15, 0.2) is 0 Å². The molecule has 2 rings (SSSR count). The van der Waals surface area contributed by atoms with Crippen molar-refractivity contribution in [2.45, 2.75) is 32.1 Å². The van der Waals surface area contributed by atoms with Crippen LogP contribution in [0.4, 0.5) is 4.39 Å². The molecule has 1 saturated carbocycles. The molecule has 0 unspecified atom stereocenters. The molecule has 1 fully saturated rings. The molecule has 0 saturated heterocycles. The van der Waals surface area contributed by atoms with E-state index in [1.807, 2.05) is 0 Å². The largest absolute Gasteiger partial charge is 0.492 e. The van der Waals surface area contributed by atoms with Crippen LogP contribution in [-0.4, -0.2) is 6.61 Å². The van der Waals surface area contributed by atoms with Crippen LogP contribution in [0.5, 0.6) is 5.75 Å². The van der Waals surface area contributed by atoms with Crippen LogP contribution in [-0.2, 0) is 0 Å². The Morgan fingerprint density at radius 3 is 2.75 bits per heavy atom. The number of ether oxygens (including phenoxy) is 1. The normalized spacial score (nSPS) is 17.4. The number of benzene rings is 1. The maximum absolute atomic E-state index is 13.0. The van der Waals surface area contributed by atoms with Gasteiger partial charge in [0.05, 0.1) is 11.1 Å². The number of hydrogen-bond donors (Lipinski definition) is 0. The van der Waals surface area contributed by atoms with Gasteiger partial charge in [0.25, 0.3) is 0 Å². The van der Waals surface area contributed by atoms with Crippen molar-refractivity contribution < 1.29 is 9.13 Å². The zero-order valence-electron chi connectivity index (χ0n) is 9.22. The molecule has 0 N–H and O–H groups in total. The van der Waals surface area contributed by atoms with Crippen molar-refractivity contribution >= 4 is 15.9 Å². The van der Waals surface area contributed by atoms with E-state index in [-0.39, 0.29) is 5.82 Å². The number of halogens is 2. The molecule has 1 aliphatic carbocycles. The molecule has 0 spiro atoms. The number of rotatable bonds is 3. The SMILES string of the molecule is Fc1ccc(Br)c(OCC2CCCCC2)c1. The summed E-state index contributed by atoms with van der Waals surface area (Å²) in [6.07, 6.45) is 6.44. The van der Waals surface area contributed by atoms with E-state index < -0.39 is 0 Å². The third kappa shape index (κ3) is 3.21. The van der Waals surface area contributed by atoms with Crippen molar-refractivity contribution in [1.82, 2.24) is 0 Å². The van der Waals surface area contributed by atoms with Gasteiger partial charge in [-0.2, -0.15) is 0 Å². The van der Waals surface area contributed by atoms with E-state index in [9.17, 15) is 4.39 Å². The summed E-state index contributed by atoms with van der Waals surface area (Å²) < 4.78 is 19.5. The van der Waals surface area contributed by atoms with E-state index in [1.54, 1.807) is 6.07 Å². The van der Waals surface area contributed by atoms with Crippen LogP contribution in [0.25, 0.3) is 0 Å². The first-order valence-electron chi connectivity index (χ1n) is 5.83. The Bertz CT molecular complexity index is 348. The summed E-state index contributed by atoms with van der Waals surface area (Å²) in [7, 11) is 0. The lowest BCUT2D eigenvalue weighted by Gasteiger charge is -2.21. The Balaban J connectivity index is 1.90. The molecule has 1 aromatic rings. The van der Waals surface area contributed by atoms with Gasteiger partial charge in [0.1, 0.15) is 11.6 Å². The van der Waals surface area contributed by atoms with E-state index >= 15 is 0 Å². The van der Waals surface area contributed by atoms with Crippen LogP contribution in [0.3, 0.4) is 0 Å². The molecular weight excluding hydrogens is 271 g/mol. The van der Waals surface area contributed by atoms with E-state index in [2.05, 4.69) is 15.9 Å². The fourth-order valence-electron chi connectivity index (χ4n) is 2.15. The summed E-state index contributed by atoms with van der Waals surface area (Å²) in [5, 5.41) is 0. The van der Waals surface area contributed by atoms with Gasteiger partial charge in [0, 0.05) is 6.07 Å². The van der Waals surface area contributed by atoms with Gasteiger partial charge >= 0.3 is 0 Å². The van der Waals surface area contributed by atoms with Crippen LogP contribution in [0, 0.1) is 11.7 Å². The molecule has 16 heavy (non-hydrogen) atoms. The lowest BCUT2D eigenvalue weighted by atomic mass is 9.90. The van der Waals surface area contributed by atoms with Crippen molar-refractivity contribution in [3.05, 3.63) is 28.5 Å². The van der Waals surface area contributed by atoms with Crippen molar-refractivity contribution in [2.24, 2.45) is 5.92 Å². The first-order chi connectivity index (χ1) is 7.75. The molecule has 0 radical (unpaired) electrons. The Morgan fingerprint density at radius 2 is 2.00 bits per heavy atom. The van der Waals surface area contributed by atoms with Crippen LogP contribution >= 0.6 is 15.9 Å². The summed E-state index contributed by atoms with van der Waals surface area (Å²) in [5.74, 6) is 1.01. The smallest absolute Gasteiger partial charge is 0.136 e. The molecule has 0 heterocycles. The van der Waals surface area contributed by atoms with E-state index in [0.717, 1.165) is 4.47 Å². The number of hydrogen-bond acceptors (Lipinski definition) is 1. The summed E-state index contributed by atoms with van der Waals surface area (Å²) in [6, 6.07) is 4.55. The standard InChI is InChI=1S/C13H16BrFO/c14-12-7-6-11(15)8-13(12)16-9-10-4-2-1-3-5-10/h6-8,10H,1-5,9H2. The van der Waals surface area contributed by atoms with Crippen molar-refractivity contribution in [1.29, 1.82) is 0 Å². The molecule has 0 amide bonds. The lowest BCUT2D eigenvalue weighted by Crippen LogP contribution is -2.15. The Hall–Kier alpha value is -0.570. The van der Waals surface area contributed by atoms with Crippen molar-refractivity contribution in [2.75, 3.05) is 6.61 Å². The van der Waals surface area contributed by atoms with Crippen LogP contribution in [0.15, 0.2) is 22.7 Å². The molecule has 0 aromatic heterocycles. The zero-order chi connectivity index (χ0) is 11.4. The van der Waals surface area contributed by atoms with Crippen LogP contribution in [0.1, 0.15) is 32.1 Å². The predicted molar refractivity (Wildman–Crippen MR) is 66.2 cm³/mol. The van der Waals surface area contributed by atoms with E-state index in [1.165, 1.54) is 44.2 Å². The molecule has 1 aliphatic rings. The van der Waals surface area contributed by atoms with Gasteiger partial charge in [-0.25, -0.2) is 4.39 Å². The molecule has 0 aliphatic heterocycles. The third-order valence-corrected chi connectivity index (χ3v) is 3.75. The highest BCUT2D eigenvalue weighted by Gasteiger charge is 2.14. The summed E-state index contributed by atoms with van der Waals surface area (Å²) in [5.41, 5.74) is 0. The average molecular weight is 287 g/mol. The fourth-order valence-corrected chi connectivity index (χ4v) is 2.51. The monoisotopic (exact) mass is 286 g/mol. The molecule has 88 valence electrons. The highest BCUT2D eigenvalue weighted by atomic mass is 79.9. The van der Waals surface area contributed by atoms with Crippen molar-refractivity contribution in [3.8, 4) is 5.75 Å². The van der Waals surface area contributed by atoms with Crippen LogP contribution < -0.4 is 4.74 Å². The third-order valence-electron chi connectivity index (χ3n) is 3.09. The van der Waals surface area contributed by atoms with Gasteiger partial charge in [-0.15, -0.1) is 0 Å². The van der Waals surface area contributed by atoms with Gasteiger partial charge in [0.2, 0.25) is 0 Å². The highest BCUT2D eigenvalue weighted by Crippen LogP contribution is 2.28. The minimum Gasteiger partial charge on any atom is -0.492 e. The minimum atomic E-state index is -0.248. The first-order valence-corrected chi connectivity index (χ1v) is 6.63. The second kappa shape index (κ2) is 5.67. The maximum atomic E-state index is 13.0. The van der Waals surface area contributed by atoms with Gasteiger partial charge in [-0.3, -0.25) is 0 Å². The Morgan fingerprint density at radius 1 is 1.25 bits per heavy atom. The molecule has 0 bridgehead atoms. The summed E-state index contributed by atoms with van der Waals surface area (Å²) in [6.45, 7) is 0.710. The Labute approximate surface area is 104 Å². The topological polar surface area (TPSA) is 9.23 Å². The summed E-state index contributed by atoms with van der Waals surface area (Å²) in [4.78, 5) is 0.